The monoisotopic (exact) mass is 343 g/mol. The molecule has 5 nitrogen and oxygen atoms in total. The van der Waals surface area contributed by atoms with E-state index in [1.165, 1.54) is 7.11 Å². The van der Waals surface area contributed by atoms with Crippen molar-refractivity contribution in [3.63, 3.8) is 0 Å². The van der Waals surface area contributed by atoms with E-state index in [9.17, 15) is 4.79 Å². The number of nitrogens with zero attached hydrogens (tertiary/aromatic N) is 1. The first-order valence-corrected chi connectivity index (χ1v) is 7.78. The van der Waals surface area contributed by atoms with Gasteiger partial charge in [-0.05, 0) is 42.8 Å². The van der Waals surface area contributed by atoms with Crippen LogP contribution in [-0.4, -0.2) is 19.1 Å². The Balaban J connectivity index is 1.96. The average Bonchev–Trinajstić information content (AvgIpc) is 2.57. The number of rotatable bonds is 6. The Kier molecular flexibility index (Phi) is 6.05. The molecule has 0 aliphatic heterocycles. The number of benzene rings is 2. The number of methoxy groups -OCH3 is 1. The lowest BCUT2D eigenvalue weighted by Crippen LogP contribution is -2.31. The highest BCUT2D eigenvalue weighted by Crippen LogP contribution is 2.27. The topological polar surface area (TPSA) is 74.2 Å². The number of nitriles is 1. The summed E-state index contributed by atoms with van der Waals surface area (Å²) in [7, 11) is 1.54. The number of carbonyl (C=O) groups excluding carboxylic acids is 1. The molecule has 0 bridgehead atoms. The molecular weight excluding hydrogens is 326 g/mol. The number of amides is 1. The molecule has 1 unspecified atom stereocenters. The van der Waals surface area contributed by atoms with Gasteiger partial charge in [-0.2, -0.15) is 5.26 Å². The number of halogens is 1. The minimum absolute atomic E-state index is 0.183. The highest BCUT2D eigenvalue weighted by atomic mass is 35.5. The molecule has 2 N–H and O–H groups in total. The number of anilines is 2. The van der Waals surface area contributed by atoms with Crippen LogP contribution in [0.15, 0.2) is 42.5 Å². The number of nitrogens with one attached hydrogen (secondary N) is 2. The maximum atomic E-state index is 12.3. The standard InChI is InChI=1S/C18H18ClN3O2/c1-12(21-14-5-3-13(4-6-14)9-10-20)18(23)22-15-7-8-17(24-2)16(19)11-15/h3-8,11-12,21H,9H2,1-2H3,(H,22,23). The Morgan fingerprint density at radius 2 is 1.92 bits per heavy atom. The molecular formula is C18H18ClN3O2. The third-order valence-corrected chi connectivity index (χ3v) is 3.73. The van der Waals surface area contributed by atoms with Gasteiger partial charge in [0, 0.05) is 11.4 Å². The van der Waals surface area contributed by atoms with E-state index in [2.05, 4.69) is 16.7 Å². The van der Waals surface area contributed by atoms with Crippen molar-refractivity contribution in [2.24, 2.45) is 0 Å². The molecule has 0 saturated carbocycles. The van der Waals surface area contributed by atoms with Gasteiger partial charge in [0.25, 0.3) is 0 Å². The first kappa shape index (κ1) is 17.6. The molecule has 24 heavy (non-hydrogen) atoms. The van der Waals surface area contributed by atoms with E-state index < -0.39 is 6.04 Å². The van der Waals surface area contributed by atoms with Gasteiger partial charge in [-0.1, -0.05) is 23.7 Å². The molecule has 2 aromatic rings. The molecule has 2 rings (SSSR count). The summed E-state index contributed by atoms with van der Waals surface area (Å²) in [5.74, 6) is 0.371. The predicted octanol–water partition coefficient (Wildman–Crippen LogP) is 3.85. The molecule has 0 aliphatic rings. The summed E-state index contributed by atoms with van der Waals surface area (Å²) in [6.07, 6.45) is 0.370. The molecule has 0 aromatic heterocycles. The number of carbonyl (C=O) groups is 1. The lowest BCUT2D eigenvalue weighted by atomic mass is 10.1. The van der Waals surface area contributed by atoms with E-state index in [-0.39, 0.29) is 5.91 Å². The van der Waals surface area contributed by atoms with E-state index in [4.69, 9.17) is 21.6 Å². The second-order valence-electron chi connectivity index (χ2n) is 5.24. The Morgan fingerprint density at radius 3 is 2.50 bits per heavy atom. The molecule has 2 aromatic carbocycles. The SMILES string of the molecule is COc1ccc(NC(=O)C(C)Nc2ccc(CC#N)cc2)cc1Cl. The molecule has 1 amide bonds. The maximum absolute atomic E-state index is 12.3. The van der Waals surface area contributed by atoms with Crippen molar-refractivity contribution in [2.75, 3.05) is 17.7 Å². The van der Waals surface area contributed by atoms with Gasteiger partial charge in [0.1, 0.15) is 11.8 Å². The van der Waals surface area contributed by atoms with Gasteiger partial charge in [0.2, 0.25) is 5.91 Å². The molecule has 0 saturated heterocycles. The van der Waals surface area contributed by atoms with E-state index in [1.54, 1.807) is 25.1 Å². The summed E-state index contributed by atoms with van der Waals surface area (Å²) in [4.78, 5) is 12.3. The van der Waals surface area contributed by atoms with Gasteiger partial charge in [-0.3, -0.25) is 4.79 Å². The fraction of sp³-hybridized carbons (Fsp3) is 0.222. The average molecular weight is 344 g/mol. The highest BCUT2D eigenvalue weighted by Gasteiger charge is 2.13. The molecule has 1 atom stereocenters. The fourth-order valence-corrected chi connectivity index (χ4v) is 2.38. The summed E-state index contributed by atoms with van der Waals surface area (Å²) in [6.45, 7) is 1.77. The van der Waals surface area contributed by atoms with Crippen LogP contribution < -0.4 is 15.4 Å². The van der Waals surface area contributed by atoms with Crippen LogP contribution in [-0.2, 0) is 11.2 Å². The highest BCUT2D eigenvalue weighted by molar-refractivity contribution is 6.32. The van der Waals surface area contributed by atoms with Crippen LogP contribution in [0.5, 0.6) is 5.75 Å². The third kappa shape index (κ3) is 4.64. The molecule has 0 radical (unpaired) electrons. The first-order valence-electron chi connectivity index (χ1n) is 7.40. The summed E-state index contributed by atoms with van der Waals surface area (Å²) in [5, 5.41) is 15.0. The molecule has 124 valence electrons. The predicted molar refractivity (Wildman–Crippen MR) is 95.5 cm³/mol. The lowest BCUT2D eigenvalue weighted by molar-refractivity contribution is -0.116. The Bertz CT molecular complexity index is 754. The fourth-order valence-electron chi connectivity index (χ4n) is 2.12. The summed E-state index contributed by atoms with van der Waals surface area (Å²) in [6, 6.07) is 14.1. The molecule has 0 heterocycles. The zero-order chi connectivity index (χ0) is 17.5. The largest absolute Gasteiger partial charge is 0.495 e. The van der Waals surface area contributed by atoms with Gasteiger partial charge >= 0.3 is 0 Å². The van der Waals surface area contributed by atoms with Crippen molar-refractivity contribution in [2.45, 2.75) is 19.4 Å². The van der Waals surface area contributed by atoms with Gasteiger partial charge in [-0.15, -0.1) is 0 Å². The quantitative estimate of drug-likeness (QED) is 0.835. The van der Waals surface area contributed by atoms with Crippen molar-refractivity contribution < 1.29 is 9.53 Å². The first-order chi connectivity index (χ1) is 11.5. The van der Waals surface area contributed by atoms with Crippen LogP contribution in [0.25, 0.3) is 0 Å². The van der Waals surface area contributed by atoms with Gasteiger partial charge < -0.3 is 15.4 Å². The van der Waals surface area contributed by atoms with Crippen LogP contribution in [0.2, 0.25) is 5.02 Å². The lowest BCUT2D eigenvalue weighted by Gasteiger charge is -2.16. The molecule has 6 heteroatoms. The van der Waals surface area contributed by atoms with Crippen LogP contribution >= 0.6 is 11.6 Å². The van der Waals surface area contributed by atoms with Crippen molar-refractivity contribution in [3.05, 3.63) is 53.1 Å². The minimum atomic E-state index is -0.437. The zero-order valence-electron chi connectivity index (χ0n) is 13.5. The zero-order valence-corrected chi connectivity index (χ0v) is 14.2. The third-order valence-electron chi connectivity index (χ3n) is 3.43. The van der Waals surface area contributed by atoms with Crippen molar-refractivity contribution >= 4 is 28.9 Å². The van der Waals surface area contributed by atoms with Crippen LogP contribution in [0.1, 0.15) is 12.5 Å². The number of ether oxygens (including phenoxy) is 1. The van der Waals surface area contributed by atoms with Gasteiger partial charge in [0.15, 0.2) is 0 Å². The van der Waals surface area contributed by atoms with Crippen LogP contribution in [0.4, 0.5) is 11.4 Å². The van der Waals surface area contributed by atoms with Crippen LogP contribution in [0, 0.1) is 11.3 Å². The smallest absolute Gasteiger partial charge is 0.246 e. The van der Waals surface area contributed by atoms with E-state index in [1.807, 2.05) is 24.3 Å². The number of hydrogen-bond donors (Lipinski definition) is 2. The summed E-state index contributed by atoms with van der Waals surface area (Å²) >= 11 is 6.05. The van der Waals surface area contributed by atoms with E-state index in [0.717, 1.165) is 11.3 Å². The second-order valence-corrected chi connectivity index (χ2v) is 5.64. The Hall–Kier alpha value is -2.71. The van der Waals surface area contributed by atoms with E-state index >= 15 is 0 Å². The van der Waals surface area contributed by atoms with Crippen molar-refractivity contribution in [3.8, 4) is 11.8 Å². The normalized spacial score (nSPS) is 11.2. The van der Waals surface area contributed by atoms with Crippen molar-refractivity contribution in [1.82, 2.24) is 0 Å². The van der Waals surface area contributed by atoms with Crippen LogP contribution in [0.3, 0.4) is 0 Å². The van der Waals surface area contributed by atoms with Crippen molar-refractivity contribution in [1.29, 1.82) is 5.26 Å². The van der Waals surface area contributed by atoms with Gasteiger partial charge in [-0.25, -0.2) is 0 Å². The minimum Gasteiger partial charge on any atom is -0.495 e. The molecule has 0 spiro atoms. The number of hydrogen-bond acceptors (Lipinski definition) is 4. The Morgan fingerprint density at radius 1 is 1.25 bits per heavy atom. The van der Waals surface area contributed by atoms with E-state index in [0.29, 0.717) is 22.9 Å². The summed E-state index contributed by atoms with van der Waals surface area (Å²) in [5.41, 5.74) is 2.35. The maximum Gasteiger partial charge on any atom is 0.246 e. The van der Waals surface area contributed by atoms with Gasteiger partial charge in [0.05, 0.1) is 24.6 Å². The summed E-state index contributed by atoms with van der Waals surface area (Å²) < 4.78 is 5.08. The second kappa shape index (κ2) is 8.23. The molecule has 0 aliphatic carbocycles. The Labute approximate surface area is 146 Å². The molecule has 0 fully saturated rings.